The summed E-state index contributed by atoms with van der Waals surface area (Å²) < 4.78 is 16.6. The van der Waals surface area contributed by atoms with Crippen LogP contribution in [0.1, 0.15) is 43.2 Å². The monoisotopic (exact) mass is 527 g/mol. The summed E-state index contributed by atoms with van der Waals surface area (Å²) in [5, 5.41) is 10.3. The summed E-state index contributed by atoms with van der Waals surface area (Å²) in [6.07, 6.45) is 1.82. The van der Waals surface area contributed by atoms with Crippen LogP contribution in [-0.4, -0.2) is 36.8 Å². The highest BCUT2D eigenvalue weighted by Crippen LogP contribution is 2.47. The van der Waals surface area contributed by atoms with Crippen LogP contribution in [0.2, 0.25) is 0 Å². The number of carbonyl (C=O) groups excluding carboxylic acids is 2. The van der Waals surface area contributed by atoms with Crippen LogP contribution in [0, 0.1) is 5.92 Å². The molecule has 1 aliphatic carbocycles. The lowest BCUT2D eigenvalue weighted by atomic mass is 9.71. The zero-order valence-electron chi connectivity index (χ0n) is 19.3. The topological polar surface area (TPSA) is 94.4 Å². The molecule has 0 amide bonds. The summed E-state index contributed by atoms with van der Waals surface area (Å²) in [6, 6.07) is 10.7. The minimum Gasteiger partial charge on any atom is -0.503 e. The number of ether oxygens (including phenoxy) is 3. The maximum absolute atomic E-state index is 13.4. The van der Waals surface area contributed by atoms with Gasteiger partial charge in [-0.25, -0.2) is 0 Å². The van der Waals surface area contributed by atoms with Crippen molar-refractivity contribution >= 4 is 33.4 Å². The second kappa shape index (κ2) is 10.0. The number of methoxy groups -OCH3 is 2. The van der Waals surface area contributed by atoms with Gasteiger partial charge in [-0.05, 0) is 71.1 Å². The maximum atomic E-state index is 13.4. The predicted octanol–water partition coefficient (Wildman–Crippen LogP) is 5.10. The molecule has 1 aliphatic heterocycles. The molecule has 1 unspecified atom stereocenters. The smallest absolute Gasteiger partial charge is 0.315 e. The van der Waals surface area contributed by atoms with Gasteiger partial charge >= 0.3 is 5.97 Å². The number of phenolic OH excluding ortho intramolecular Hbond substituents is 1. The average molecular weight is 528 g/mol. The Balaban J connectivity index is 1.71. The molecule has 2 aromatic carbocycles. The zero-order valence-corrected chi connectivity index (χ0v) is 20.8. The van der Waals surface area contributed by atoms with E-state index >= 15 is 0 Å². The molecule has 8 heteroatoms. The van der Waals surface area contributed by atoms with Crippen molar-refractivity contribution in [2.45, 2.75) is 38.7 Å². The first kappa shape index (κ1) is 24.0. The second-order valence-corrected chi connectivity index (χ2v) is 9.21. The van der Waals surface area contributed by atoms with E-state index < -0.39 is 17.8 Å². The molecule has 2 aliphatic rings. The van der Waals surface area contributed by atoms with E-state index in [1.807, 2.05) is 12.1 Å². The highest BCUT2D eigenvalue weighted by atomic mass is 79.9. The molecule has 4 rings (SSSR count). The lowest BCUT2D eigenvalue weighted by Crippen LogP contribution is -2.37. The minimum atomic E-state index is -0.778. The lowest BCUT2D eigenvalue weighted by Gasteiger charge is -2.34. The van der Waals surface area contributed by atoms with Crippen LogP contribution >= 0.6 is 15.9 Å². The molecule has 0 aromatic heterocycles. The van der Waals surface area contributed by atoms with Crippen LogP contribution < -0.4 is 9.47 Å². The van der Waals surface area contributed by atoms with Gasteiger partial charge < -0.3 is 19.3 Å². The first-order valence-corrected chi connectivity index (χ1v) is 11.8. The van der Waals surface area contributed by atoms with E-state index in [1.54, 1.807) is 38.3 Å². The van der Waals surface area contributed by atoms with Gasteiger partial charge in [0, 0.05) is 29.3 Å². The van der Waals surface area contributed by atoms with Gasteiger partial charge in [0.05, 0.1) is 18.7 Å². The SMILES string of the molecule is COc1ccc(COC(=O)C2C(C)=NC3=C(C(=O)CCC3)[C@@H]2c2cc(Br)c(O)c(OC)c2)cc1. The van der Waals surface area contributed by atoms with E-state index in [-0.39, 0.29) is 23.9 Å². The molecule has 1 heterocycles. The van der Waals surface area contributed by atoms with Crippen molar-refractivity contribution in [3.05, 3.63) is 63.3 Å². The van der Waals surface area contributed by atoms with E-state index in [2.05, 4.69) is 20.9 Å². The minimum absolute atomic E-state index is 0.0152. The van der Waals surface area contributed by atoms with Crippen molar-refractivity contribution in [2.24, 2.45) is 10.9 Å². The normalized spacial score (nSPS) is 19.9. The van der Waals surface area contributed by atoms with Gasteiger partial charge in [-0.15, -0.1) is 0 Å². The van der Waals surface area contributed by atoms with Crippen molar-refractivity contribution in [3.8, 4) is 17.2 Å². The number of hydrogen-bond donors (Lipinski definition) is 1. The van der Waals surface area contributed by atoms with E-state index in [1.165, 1.54) is 7.11 Å². The molecule has 34 heavy (non-hydrogen) atoms. The fourth-order valence-corrected chi connectivity index (χ4v) is 5.03. The molecule has 0 saturated carbocycles. The van der Waals surface area contributed by atoms with Gasteiger partial charge in [-0.1, -0.05) is 12.1 Å². The molecule has 0 saturated heterocycles. The van der Waals surface area contributed by atoms with Crippen LogP contribution in [0.25, 0.3) is 0 Å². The Labute approximate surface area is 206 Å². The van der Waals surface area contributed by atoms with Gasteiger partial charge in [-0.2, -0.15) is 0 Å². The van der Waals surface area contributed by atoms with Gasteiger partial charge in [0.1, 0.15) is 18.3 Å². The number of carbonyl (C=O) groups is 2. The van der Waals surface area contributed by atoms with Gasteiger partial charge in [0.15, 0.2) is 17.3 Å². The molecule has 2 atom stereocenters. The summed E-state index contributed by atoms with van der Waals surface area (Å²) in [6.45, 7) is 1.88. The Morgan fingerprint density at radius 2 is 1.88 bits per heavy atom. The maximum Gasteiger partial charge on any atom is 0.315 e. The summed E-state index contributed by atoms with van der Waals surface area (Å²) in [7, 11) is 3.04. The molecular formula is C26H26BrNO6. The number of allylic oxidation sites excluding steroid dienone is 2. The van der Waals surface area contributed by atoms with Gasteiger partial charge in [0.25, 0.3) is 0 Å². The van der Waals surface area contributed by atoms with Crippen molar-refractivity contribution in [1.82, 2.24) is 0 Å². The summed E-state index contributed by atoms with van der Waals surface area (Å²) >= 11 is 3.36. The Morgan fingerprint density at radius 3 is 2.56 bits per heavy atom. The molecule has 2 aromatic rings. The first-order chi connectivity index (χ1) is 16.3. The standard InChI is InChI=1S/C26H26BrNO6/c1-14-22(26(31)34-13-15-7-9-17(32-2)10-8-15)23(24-19(28-14)5-4-6-20(24)29)16-11-18(27)25(30)21(12-16)33-3/h7-12,22-23,30H,4-6,13H2,1-3H3/t22?,23-/m1/s1. The zero-order chi connectivity index (χ0) is 24.4. The summed E-state index contributed by atoms with van der Waals surface area (Å²) in [5.74, 6) is -0.925. The number of phenols is 1. The van der Waals surface area contributed by atoms with Crippen LogP contribution in [0.5, 0.6) is 17.2 Å². The number of rotatable bonds is 6. The van der Waals surface area contributed by atoms with Gasteiger partial charge in [-0.3, -0.25) is 14.6 Å². The lowest BCUT2D eigenvalue weighted by molar-refractivity contribution is -0.148. The van der Waals surface area contributed by atoms with Crippen molar-refractivity contribution < 1.29 is 28.9 Å². The van der Waals surface area contributed by atoms with E-state index in [0.717, 1.165) is 17.7 Å². The molecule has 7 nitrogen and oxygen atoms in total. The van der Waals surface area contributed by atoms with E-state index in [4.69, 9.17) is 14.2 Å². The number of hydrogen-bond acceptors (Lipinski definition) is 7. The fraction of sp³-hybridized carbons (Fsp3) is 0.346. The predicted molar refractivity (Wildman–Crippen MR) is 130 cm³/mol. The quantitative estimate of drug-likeness (QED) is 0.525. The Morgan fingerprint density at radius 1 is 1.15 bits per heavy atom. The number of aliphatic imine (C=N–C) groups is 1. The van der Waals surface area contributed by atoms with E-state index in [9.17, 15) is 14.7 Å². The Bertz CT molecular complexity index is 1180. The number of nitrogens with zero attached hydrogens (tertiary/aromatic N) is 1. The third kappa shape index (κ3) is 4.59. The first-order valence-electron chi connectivity index (χ1n) is 11.0. The van der Waals surface area contributed by atoms with Crippen LogP contribution in [0.4, 0.5) is 0 Å². The van der Waals surface area contributed by atoms with E-state index in [0.29, 0.717) is 39.9 Å². The highest BCUT2D eigenvalue weighted by Gasteiger charge is 2.43. The van der Waals surface area contributed by atoms with Crippen molar-refractivity contribution in [1.29, 1.82) is 0 Å². The number of aromatic hydroxyl groups is 1. The fourth-order valence-electron chi connectivity index (χ4n) is 4.57. The molecule has 0 radical (unpaired) electrons. The number of benzene rings is 2. The molecule has 178 valence electrons. The number of halogens is 1. The largest absolute Gasteiger partial charge is 0.503 e. The number of Topliss-reactive ketones (excluding diaryl/α,β-unsaturated/α-hetero) is 1. The summed E-state index contributed by atoms with van der Waals surface area (Å²) in [4.78, 5) is 31.1. The number of esters is 1. The third-order valence-electron chi connectivity index (χ3n) is 6.26. The third-order valence-corrected chi connectivity index (χ3v) is 6.86. The Kier molecular flexibility index (Phi) is 7.07. The highest BCUT2D eigenvalue weighted by molar-refractivity contribution is 9.10. The molecule has 0 fully saturated rings. The van der Waals surface area contributed by atoms with Crippen molar-refractivity contribution in [2.75, 3.05) is 14.2 Å². The van der Waals surface area contributed by atoms with Crippen LogP contribution in [0.3, 0.4) is 0 Å². The summed E-state index contributed by atoms with van der Waals surface area (Å²) in [5.41, 5.74) is 3.36. The molecule has 0 spiro atoms. The van der Waals surface area contributed by atoms with Crippen LogP contribution in [0.15, 0.2) is 57.1 Å². The molecule has 1 N–H and O–H groups in total. The average Bonchev–Trinajstić information content (AvgIpc) is 2.83. The van der Waals surface area contributed by atoms with Crippen LogP contribution in [-0.2, 0) is 20.9 Å². The molecule has 0 bridgehead atoms. The number of ketones is 1. The molecular weight excluding hydrogens is 502 g/mol. The second-order valence-electron chi connectivity index (χ2n) is 8.36. The van der Waals surface area contributed by atoms with Gasteiger partial charge in [0.2, 0.25) is 0 Å². The van der Waals surface area contributed by atoms with Crippen molar-refractivity contribution in [3.63, 3.8) is 0 Å². The Hall–Kier alpha value is -3.13.